The number of nitrogens with zero attached hydrogens (tertiary/aromatic N) is 1. The van der Waals surface area contributed by atoms with Gasteiger partial charge in [-0.05, 0) is 38.3 Å². The van der Waals surface area contributed by atoms with E-state index in [4.69, 9.17) is 14.6 Å². The van der Waals surface area contributed by atoms with Crippen LogP contribution in [0.3, 0.4) is 0 Å². The zero-order valence-corrected chi connectivity index (χ0v) is 17.9. The smallest absolute Gasteiger partial charge is 0.253 e. The summed E-state index contributed by atoms with van der Waals surface area (Å²) in [5.41, 5.74) is 1.52. The highest BCUT2D eigenvalue weighted by Gasteiger charge is 2.27. The molecule has 2 atom stereocenters. The van der Waals surface area contributed by atoms with E-state index in [1.807, 2.05) is 37.3 Å². The Labute approximate surface area is 176 Å². The van der Waals surface area contributed by atoms with Gasteiger partial charge in [0.25, 0.3) is 5.91 Å². The molecule has 30 heavy (non-hydrogen) atoms. The van der Waals surface area contributed by atoms with E-state index in [0.717, 1.165) is 24.6 Å². The molecule has 1 aromatic heterocycles. The van der Waals surface area contributed by atoms with E-state index in [2.05, 4.69) is 10.3 Å². The minimum Gasteiger partial charge on any atom is -0.381 e. The number of sulfonamides is 1. The van der Waals surface area contributed by atoms with E-state index in [-0.39, 0.29) is 28.7 Å². The van der Waals surface area contributed by atoms with Crippen LogP contribution in [-0.4, -0.2) is 44.7 Å². The first-order valence-corrected chi connectivity index (χ1v) is 11.4. The van der Waals surface area contributed by atoms with Crippen LogP contribution in [0, 0.1) is 6.92 Å². The Morgan fingerprint density at radius 1 is 1.27 bits per heavy atom. The van der Waals surface area contributed by atoms with Crippen molar-refractivity contribution in [2.24, 2.45) is 5.14 Å². The second kappa shape index (κ2) is 9.65. The summed E-state index contributed by atoms with van der Waals surface area (Å²) in [6.45, 7) is 4.80. The number of amides is 1. The summed E-state index contributed by atoms with van der Waals surface area (Å²) in [5, 5.41) is 8.11. The molecule has 1 aliphatic heterocycles. The summed E-state index contributed by atoms with van der Waals surface area (Å²) in [5.74, 6) is -0.436. The predicted molar refractivity (Wildman–Crippen MR) is 111 cm³/mol. The van der Waals surface area contributed by atoms with Gasteiger partial charge in [-0.3, -0.25) is 9.78 Å². The Morgan fingerprint density at radius 3 is 2.57 bits per heavy atom. The van der Waals surface area contributed by atoms with Gasteiger partial charge in [-0.1, -0.05) is 30.3 Å². The van der Waals surface area contributed by atoms with Gasteiger partial charge in [-0.15, -0.1) is 0 Å². The van der Waals surface area contributed by atoms with Crippen molar-refractivity contribution < 1.29 is 22.7 Å². The minimum atomic E-state index is -3.96. The number of carbonyl (C=O) groups is 1. The number of hydrogen-bond acceptors (Lipinski definition) is 6. The second-order valence-electron chi connectivity index (χ2n) is 7.39. The highest BCUT2D eigenvalue weighted by Crippen LogP contribution is 2.26. The number of primary sulfonamides is 1. The summed E-state index contributed by atoms with van der Waals surface area (Å²) in [6.07, 6.45) is 2.41. The fourth-order valence-corrected chi connectivity index (χ4v) is 3.89. The van der Waals surface area contributed by atoms with E-state index in [9.17, 15) is 13.2 Å². The maximum Gasteiger partial charge on any atom is 0.253 e. The summed E-state index contributed by atoms with van der Waals surface area (Å²) in [4.78, 5) is 16.7. The first-order valence-electron chi connectivity index (χ1n) is 9.84. The van der Waals surface area contributed by atoms with E-state index in [1.165, 1.54) is 6.07 Å². The number of nitrogens with one attached hydrogen (secondary N) is 1. The fourth-order valence-electron chi connectivity index (χ4n) is 3.41. The van der Waals surface area contributed by atoms with Crippen molar-refractivity contribution in [1.29, 1.82) is 0 Å². The molecule has 1 fully saturated rings. The van der Waals surface area contributed by atoms with Crippen molar-refractivity contribution in [1.82, 2.24) is 10.3 Å². The molecular formula is C21H27N3O5S. The number of aromatic nitrogens is 1. The van der Waals surface area contributed by atoms with Crippen LogP contribution in [0.4, 0.5) is 0 Å². The summed E-state index contributed by atoms with van der Waals surface area (Å²) in [7, 11) is -3.96. The third-order valence-corrected chi connectivity index (χ3v) is 5.96. The predicted octanol–water partition coefficient (Wildman–Crippen LogP) is 2.09. The molecule has 2 unspecified atom stereocenters. The van der Waals surface area contributed by atoms with Crippen molar-refractivity contribution in [3.63, 3.8) is 0 Å². The number of aryl methyl sites for hydroxylation is 1. The Hall–Kier alpha value is -2.33. The van der Waals surface area contributed by atoms with Crippen LogP contribution in [0.25, 0.3) is 0 Å². The van der Waals surface area contributed by atoms with Gasteiger partial charge >= 0.3 is 0 Å². The van der Waals surface area contributed by atoms with Crippen LogP contribution in [0.2, 0.25) is 0 Å². The molecule has 0 spiro atoms. The third-order valence-electron chi connectivity index (χ3n) is 5.08. The zero-order valence-electron chi connectivity index (χ0n) is 17.1. The maximum atomic E-state index is 12.9. The van der Waals surface area contributed by atoms with Gasteiger partial charge in [0, 0.05) is 19.4 Å². The maximum absolute atomic E-state index is 12.9. The molecule has 162 valence electrons. The lowest BCUT2D eigenvalue weighted by atomic mass is 10.0. The molecule has 3 N–H and O–H groups in total. The number of rotatable bonds is 7. The Morgan fingerprint density at radius 2 is 1.93 bits per heavy atom. The molecule has 2 aromatic rings. The van der Waals surface area contributed by atoms with Crippen molar-refractivity contribution in [2.45, 2.75) is 49.8 Å². The highest BCUT2D eigenvalue weighted by atomic mass is 32.2. The van der Waals surface area contributed by atoms with Crippen LogP contribution in [-0.2, 0) is 19.5 Å². The van der Waals surface area contributed by atoms with Crippen molar-refractivity contribution in [2.75, 3.05) is 13.2 Å². The van der Waals surface area contributed by atoms with E-state index in [0.29, 0.717) is 18.9 Å². The Balaban J connectivity index is 1.81. The van der Waals surface area contributed by atoms with Crippen LogP contribution in [0.15, 0.2) is 47.5 Å². The molecule has 1 amide bonds. The standard InChI is InChI=1S/C21H27N3O5S/c1-14-19(12-18(13-23-14)30(22,26)27)21(25)24-15(2)20(16-6-4-3-5-7-16)29-17-8-10-28-11-9-17/h3-7,12-13,15,17,20H,8-11H2,1-2H3,(H,24,25)(H2,22,26,27). The number of benzene rings is 1. The van der Waals surface area contributed by atoms with Gasteiger partial charge in [-0.25, -0.2) is 13.6 Å². The molecule has 1 saturated heterocycles. The molecule has 0 bridgehead atoms. The van der Waals surface area contributed by atoms with Crippen molar-refractivity contribution >= 4 is 15.9 Å². The number of nitrogens with two attached hydrogens (primary N) is 1. The molecule has 0 saturated carbocycles. The quantitative estimate of drug-likeness (QED) is 0.690. The lowest BCUT2D eigenvalue weighted by Crippen LogP contribution is -2.40. The van der Waals surface area contributed by atoms with Gasteiger partial charge in [0.2, 0.25) is 10.0 Å². The zero-order chi connectivity index (χ0) is 21.7. The first-order chi connectivity index (χ1) is 14.3. The van der Waals surface area contributed by atoms with Crippen LogP contribution in [0.1, 0.15) is 47.5 Å². The van der Waals surface area contributed by atoms with Gasteiger partial charge in [-0.2, -0.15) is 0 Å². The second-order valence-corrected chi connectivity index (χ2v) is 8.95. The van der Waals surface area contributed by atoms with Crippen LogP contribution >= 0.6 is 0 Å². The minimum absolute atomic E-state index is 0.0393. The fraction of sp³-hybridized carbons (Fsp3) is 0.429. The van der Waals surface area contributed by atoms with Crippen LogP contribution in [0.5, 0.6) is 0 Å². The lowest BCUT2D eigenvalue weighted by molar-refractivity contribution is -0.0785. The van der Waals surface area contributed by atoms with E-state index >= 15 is 0 Å². The normalized spacial score (nSPS) is 17.3. The molecule has 9 heteroatoms. The topological polar surface area (TPSA) is 121 Å². The molecule has 2 heterocycles. The van der Waals surface area contributed by atoms with Gasteiger partial charge < -0.3 is 14.8 Å². The first kappa shape index (κ1) is 22.4. The lowest BCUT2D eigenvalue weighted by Gasteiger charge is -2.32. The third kappa shape index (κ3) is 5.63. The molecule has 3 rings (SSSR count). The Bertz CT molecular complexity index is 975. The van der Waals surface area contributed by atoms with E-state index < -0.39 is 15.9 Å². The molecule has 1 aromatic carbocycles. The molecule has 0 radical (unpaired) electrons. The number of hydrogen-bond donors (Lipinski definition) is 2. The van der Waals surface area contributed by atoms with Crippen LogP contribution < -0.4 is 10.5 Å². The van der Waals surface area contributed by atoms with Gasteiger partial charge in [0.05, 0.1) is 23.4 Å². The number of pyridine rings is 1. The molecular weight excluding hydrogens is 406 g/mol. The number of ether oxygens (including phenoxy) is 2. The molecule has 8 nitrogen and oxygen atoms in total. The highest BCUT2D eigenvalue weighted by molar-refractivity contribution is 7.89. The summed E-state index contributed by atoms with van der Waals surface area (Å²) >= 11 is 0. The van der Waals surface area contributed by atoms with Gasteiger partial charge in [0.1, 0.15) is 11.0 Å². The summed E-state index contributed by atoms with van der Waals surface area (Å²) < 4.78 is 35.0. The SMILES string of the molecule is Cc1ncc(S(N)(=O)=O)cc1C(=O)NC(C)C(OC1CCOCC1)c1ccccc1. The average Bonchev–Trinajstić information content (AvgIpc) is 2.72. The largest absolute Gasteiger partial charge is 0.381 e. The summed E-state index contributed by atoms with van der Waals surface area (Å²) in [6, 6.07) is 10.6. The Kier molecular flexibility index (Phi) is 7.19. The van der Waals surface area contributed by atoms with Crippen molar-refractivity contribution in [3.8, 4) is 0 Å². The number of carbonyl (C=O) groups excluding carboxylic acids is 1. The molecule has 0 aliphatic carbocycles. The van der Waals surface area contributed by atoms with Crippen molar-refractivity contribution in [3.05, 3.63) is 59.4 Å². The van der Waals surface area contributed by atoms with Gasteiger partial charge in [0.15, 0.2) is 0 Å². The average molecular weight is 434 g/mol. The monoisotopic (exact) mass is 433 g/mol. The molecule has 1 aliphatic rings. The van der Waals surface area contributed by atoms with E-state index in [1.54, 1.807) is 6.92 Å².